The Morgan fingerprint density at radius 2 is 1.46 bits per heavy atom. The Labute approximate surface area is 142 Å². The quantitative estimate of drug-likeness (QED) is 0.447. The smallest absolute Gasteiger partial charge is 0.116 e. The maximum Gasteiger partial charge on any atom is 0.116 e. The van der Waals surface area contributed by atoms with Gasteiger partial charge in [-0.3, -0.25) is 0 Å². The molecule has 0 radical (unpaired) electrons. The predicted octanol–water partition coefficient (Wildman–Crippen LogP) is 5.75. The molecule has 0 spiro atoms. The lowest BCUT2D eigenvalue weighted by Gasteiger charge is -2.23. The zero-order chi connectivity index (χ0) is 16.7. The molecule has 0 amide bonds. The van der Waals surface area contributed by atoms with Gasteiger partial charge in [0.2, 0.25) is 0 Å². The summed E-state index contributed by atoms with van der Waals surface area (Å²) in [5.41, 5.74) is 4.54. The van der Waals surface area contributed by atoms with Crippen LogP contribution in [0.1, 0.15) is 26.3 Å². The summed E-state index contributed by atoms with van der Waals surface area (Å²) in [7, 11) is 0. The lowest BCUT2D eigenvalue weighted by atomic mass is 9.82. The highest BCUT2D eigenvalue weighted by atomic mass is 14.8. The second-order valence-electron chi connectivity index (χ2n) is 7.23. The first-order chi connectivity index (χ1) is 11.5. The molecule has 4 aromatic rings. The van der Waals surface area contributed by atoms with Crippen molar-refractivity contribution in [3.05, 3.63) is 72.6 Å². The SMILES string of the molecule is CC(C)(C)c1cc(-c2ncnc3ccccc23)cc2ccccc12. The summed E-state index contributed by atoms with van der Waals surface area (Å²) in [6.07, 6.45) is 1.66. The van der Waals surface area contributed by atoms with Crippen LogP contribution < -0.4 is 0 Å². The number of hydrogen-bond acceptors (Lipinski definition) is 2. The van der Waals surface area contributed by atoms with Crippen molar-refractivity contribution in [3.63, 3.8) is 0 Å². The molecule has 0 unspecified atom stereocenters. The molecule has 0 saturated carbocycles. The normalized spacial score (nSPS) is 12.0. The van der Waals surface area contributed by atoms with E-state index in [2.05, 4.69) is 73.2 Å². The molecule has 3 aromatic carbocycles. The lowest BCUT2D eigenvalue weighted by molar-refractivity contribution is 0.596. The van der Waals surface area contributed by atoms with Gasteiger partial charge in [-0.15, -0.1) is 0 Å². The van der Waals surface area contributed by atoms with E-state index in [0.717, 1.165) is 22.2 Å². The second-order valence-corrected chi connectivity index (χ2v) is 7.23. The van der Waals surface area contributed by atoms with Gasteiger partial charge >= 0.3 is 0 Å². The van der Waals surface area contributed by atoms with E-state index >= 15 is 0 Å². The molecular weight excluding hydrogens is 292 g/mol. The van der Waals surface area contributed by atoms with E-state index in [4.69, 9.17) is 0 Å². The highest BCUT2D eigenvalue weighted by Crippen LogP contribution is 2.35. The molecule has 0 aliphatic heterocycles. The van der Waals surface area contributed by atoms with Crippen LogP contribution in [-0.2, 0) is 5.41 Å². The molecule has 24 heavy (non-hydrogen) atoms. The highest BCUT2D eigenvalue weighted by molar-refractivity contribution is 5.97. The van der Waals surface area contributed by atoms with Gasteiger partial charge in [0.15, 0.2) is 0 Å². The van der Waals surface area contributed by atoms with E-state index in [1.165, 1.54) is 16.3 Å². The van der Waals surface area contributed by atoms with Crippen LogP contribution in [0, 0.1) is 0 Å². The number of para-hydroxylation sites is 1. The van der Waals surface area contributed by atoms with E-state index < -0.39 is 0 Å². The van der Waals surface area contributed by atoms with Crippen molar-refractivity contribution in [2.45, 2.75) is 26.2 Å². The summed E-state index contributed by atoms with van der Waals surface area (Å²) in [5.74, 6) is 0. The average Bonchev–Trinajstić information content (AvgIpc) is 2.59. The fraction of sp³-hybridized carbons (Fsp3) is 0.182. The molecule has 0 atom stereocenters. The van der Waals surface area contributed by atoms with Gasteiger partial charge in [-0.1, -0.05) is 63.2 Å². The van der Waals surface area contributed by atoms with Crippen molar-refractivity contribution < 1.29 is 0 Å². The maximum absolute atomic E-state index is 4.60. The monoisotopic (exact) mass is 312 g/mol. The Hall–Kier alpha value is -2.74. The molecule has 0 fully saturated rings. The van der Waals surface area contributed by atoms with Crippen LogP contribution in [-0.4, -0.2) is 9.97 Å². The third-order valence-corrected chi connectivity index (χ3v) is 4.49. The van der Waals surface area contributed by atoms with Gasteiger partial charge in [-0.25, -0.2) is 9.97 Å². The van der Waals surface area contributed by atoms with Crippen molar-refractivity contribution >= 4 is 21.7 Å². The van der Waals surface area contributed by atoms with Crippen LogP contribution in [0.25, 0.3) is 32.9 Å². The van der Waals surface area contributed by atoms with Crippen LogP contribution in [0.4, 0.5) is 0 Å². The third kappa shape index (κ3) is 2.44. The van der Waals surface area contributed by atoms with E-state index in [9.17, 15) is 0 Å². The minimum absolute atomic E-state index is 0.0679. The first-order valence-corrected chi connectivity index (χ1v) is 8.27. The van der Waals surface area contributed by atoms with Crippen LogP contribution in [0.2, 0.25) is 0 Å². The molecule has 2 nitrogen and oxygen atoms in total. The summed E-state index contributed by atoms with van der Waals surface area (Å²) >= 11 is 0. The van der Waals surface area contributed by atoms with Gasteiger partial charge in [0.1, 0.15) is 6.33 Å². The van der Waals surface area contributed by atoms with E-state index in [1.807, 2.05) is 18.2 Å². The van der Waals surface area contributed by atoms with Gasteiger partial charge in [0, 0.05) is 10.9 Å². The van der Waals surface area contributed by atoms with Crippen molar-refractivity contribution in [2.75, 3.05) is 0 Å². The second kappa shape index (κ2) is 5.41. The number of hydrogen-bond donors (Lipinski definition) is 0. The van der Waals surface area contributed by atoms with Crippen LogP contribution in [0.15, 0.2) is 67.0 Å². The topological polar surface area (TPSA) is 25.8 Å². The number of fused-ring (bicyclic) bond motifs is 2. The van der Waals surface area contributed by atoms with Gasteiger partial charge in [-0.2, -0.15) is 0 Å². The molecule has 0 aliphatic carbocycles. The van der Waals surface area contributed by atoms with Gasteiger partial charge in [0.25, 0.3) is 0 Å². The molecule has 0 N–H and O–H groups in total. The number of benzene rings is 3. The van der Waals surface area contributed by atoms with Gasteiger partial charge < -0.3 is 0 Å². The molecule has 4 rings (SSSR count). The summed E-state index contributed by atoms with van der Waals surface area (Å²) < 4.78 is 0. The summed E-state index contributed by atoms with van der Waals surface area (Å²) in [4.78, 5) is 8.99. The van der Waals surface area contributed by atoms with Crippen LogP contribution in [0.5, 0.6) is 0 Å². The zero-order valence-electron chi connectivity index (χ0n) is 14.2. The Balaban J connectivity index is 2.07. The molecule has 2 heteroatoms. The molecule has 1 aromatic heterocycles. The summed E-state index contributed by atoms with van der Waals surface area (Å²) in [5, 5.41) is 3.66. The van der Waals surface area contributed by atoms with Crippen molar-refractivity contribution in [3.8, 4) is 11.3 Å². The largest absolute Gasteiger partial charge is 0.236 e. The molecule has 0 bridgehead atoms. The molecule has 0 aliphatic rings. The number of nitrogens with zero attached hydrogens (tertiary/aromatic N) is 2. The first-order valence-electron chi connectivity index (χ1n) is 8.27. The predicted molar refractivity (Wildman–Crippen MR) is 101 cm³/mol. The fourth-order valence-electron chi connectivity index (χ4n) is 3.30. The van der Waals surface area contributed by atoms with Gasteiger partial charge in [0.05, 0.1) is 11.2 Å². The highest BCUT2D eigenvalue weighted by Gasteiger charge is 2.19. The first kappa shape index (κ1) is 14.8. The van der Waals surface area contributed by atoms with E-state index in [1.54, 1.807) is 6.33 Å². The molecule has 0 saturated heterocycles. The van der Waals surface area contributed by atoms with E-state index in [0.29, 0.717) is 0 Å². The summed E-state index contributed by atoms with van der Waals surface area (Å²) in [6.45, 7) is 6.78. The Kier molecular flexibility index (Phi) is 3.34. The van der Waals surface area contributed by atoms with Gasteiger partial charge in [-0.05, 0) is 39.9 Å². The zero-order valence-corrected chi connectivity index (χ0v) is 14.2. The molecular formula is C22H20N2. The Morgan fingerprint density at radius 1 is 0.750 bits per heavy atom. The minimum atomic E-state index is 0.0679. The maximum atomic E-state index is 4.60. The van der Waals surface area contributed by atoms with E-state index in [-0.39, 0.29) is 5.41 Å². The lowest BCUT2D eigenvalue weighted by Crippen LogP contribution is -2.12. The standard InChI is InChI=1S/C22H20N2/c1-22(2,3)19-13-16(12-15-8-4-5-9-17(15)19)21-18-10-6-7-11-20(18)23-14-24-21/h4-14H,1-3H3. The Morgan fingerprint density at radius 3 is 2.25 bits per heavy atom. The fourth-order valence-corrected chi connectivity index (χ4v) is 3.30. The van der Waals surface area contributed by atoms with Crippen LogP contribution in [0.3, 0.4) is 0 Å². The number of rotatable bonds is 1. The van der Waals surface area contributed by atoms with Crippen molar-refractivity contribution in [1.82, 2.24) is 9.97 Å². The average molecular weight is 312 g/mol. The van der Waals surface area contributed by atoms with Crippen LogP contribution >= 0.6 is 0 Å². The Bertz CT molecular complexity index is 1040. The number of aromatic nitrogens is 2. The molecule has 1 heterocycles. The molecule has 118 valence electrons. The van der Waals surface area contributed by atoms with Crippen molar-refractivity contribution in [1.29, 1.82) is 0 Å². The third-order valence-electron chi connectivity index (χ3n) is 4.49. The van der Waals surface area contributed by atoms with Crippen molar-refractivity contribution in [2.24, 2.45) is 0 Å². The minimum Gasteiger partial charge on any atom is -0.236 e. The summed E-state index contributed by atoms with van der Waals surface area (Å²) in [6, 6.07) is 21.3.